The molecule has 1 saturated heterocycles. The van der Waals surface area contributed by atoms with E-state index < -0.39 is 5.60 Å². The molecule has 122 valence electrons. The molecule has 6 heteroatoms. The molecule has 0 bridgehead atoms. The van der Waals surface area contributed by atoms with Gasteiger partial charge in [-0.2, -0.15) is 0 Å². The zero-order chi connectivity index (χ0) is 16.5. The van der Waals surface area contributed by atoms with Gasteiger partial charge in [0.15, 0.2) is 0 Å². The summed E-state index contributed by atoms with van der Waals surface area (Å²) in [6, 6.07) is -0.376. The molecular formula is C16H26N4O2. The van der Waals surface area contributed by atoms with Gasteiger partial charge in [0.2, 0.25) is 0 Å². The summed E-state index contributed by atoms with van der Waals surface area (Å²) in [5, 5.41) is 13.0. The van der Waals surface area contributed by atoms with Gasteiger partial charge >= 0.3 is 6.03 Å². The van der Waals surface area contributed by atoms with Crippen LogP contribution in [0.15, 0.2) is 12.4 Å². The first-order valence-electron chi connectivity index (χ1n) is 7.71. The van der Waals surface area contributed by atoms with Gasteiger partial charge in [-0.05, 0) is 26.7 Å². The van der Waals surface area contributed by atoms with Crippen molar-refractivity contribution in [2.45, 2.75) is 64.5 Å². The van der Waals surface area contributed by atoms with Crippen molar-refractivity contribution in [3.63, 3.8) is 0 Å². The van der Waals surface area contributed by atoms with Crippen LogP contribution in [0.1, 0.15) is 53.3 Å². The molecule has 0 spiro atoms. The molecule has 1 fully saturated rings. The smallest absolute Gasteiger partial charge is 0.322 e. The summed E-state index contributed by atoms with van der Waals surface area (Å²) in [5.41, 5.74) is -0.455. The minimum Gasteiger partial charge on any atom is -0.388 e. The van der Waals surface area contributed by atoms with E-state index in [1.807, 2.05) is 20.8 Å². The first kappa shape index (κ1) is 16.7. The third-order valence-electron chi connectivity index (χ3n) is 3.90. The summed E-state index contributed by atoms with van der Waals surface area (Å²) < 4.78 is 0. The van der Waals surface area contributed by atoms with Crippen LogP contribution in [0.4, 0.5) is 10.5 Å². The second kappa shape index (κ2) is 5.83. The number of urea groups is 1. The predicted octanol–water partition coefficient (Wildman–Crippen LogP) is 2.54. The van der Waals surface area contributed by atoms with Crippen LogP contribution in [0.3, 0.4) is 0 Å². The Hall–Kier alpha value is -1.69. The van der Waals surface area contributed by atoms with E-state index in [2.05, 4.69) is 15.3 Å². The highest BCUT2D eigenvalue weighted by Crippen LogP contribution is 2.27. The maximum absolute atomic E-state index is 12.4. The first-order valence-corrected chi connectivity index (χ1v) is 7.71. The Morgan fingerprint density at radius 2 is 1.86 bits per heavy atom. The number of carbonyl (C=O) groups excluding carboxylic acids is 1. The highest BCUT2D eigenvalue weighted by atomic mass is 16.3. The highest BCUT2D eigenvalue weighted by molar-refractivity contribution is 5.89. The Kier molecular flexibility index (Phi) is 4.42. The Labute approximate surface area is 132 Å². The van der Waals surface area contributed by atoms with E-state index in [1.54, 1.807) is 31.1 Å². The molecule has 0 radical (unpaired) electrons. The fourth-order valence-electron chi connectivity index (χ4n) is 2.72. The number of likely N-dealkylation sites (tertiary alicyclic amines) is 1. The molecule has 1 aromatic rings. The van der Waals surface area contributed by atoms with Gasteiger partial charge in [0.1, 0.15) is 5.82 Å². The van der Waals surface area contributed by atoms with Gasteiger partial charge in [0.05, 0.1) is 29.7 Å². The zero-order valence-corrected chi connectivity index (χ0v) is 14.1. The minimum atomic E-state index is -0.902. The van der Waals surface area contributed by atoms with Crippen LogP contribution in [0, 0.1) is 0 Å². The lowest BCUT2D eigenvalue weighted by Gasteiger charge is -2.33. The monoisotopic (exact) mass is 306 g/mol. The molecule has 2 N–H and O–H groups in total. The third kappa shape index (κ3) is 3.74. The molecule has 1 unspecified atom stereocenters. The Morgan fingerprint density at radius 1 is 1.27 bits per heavy atom. The van der Waals surface area contributed by atoms with Crippen LogP contribution in [-0.2, 0) is 5.41 Å². The maximum atomic E-state index is 12.4. The lowest BCUT2D eigenvalue weighted by Crippen LogP contribution is -2.49. The topological polar surface area (TPSA) is 78.4 Å². The van der Waals surface area contributed by atoms with Crippen molar-refractivity contribution in [1.82, 2.24) is 14.9 Å². The largest absolute Gasteiger partial charge is 0.388 e. The highest BCUT2D eigenvalue weighted by Gasteiger charge is 2.38. The molecule has 1 aromatic heterocycles. The number of nitrogens with zero attached hydrogens (tertiary/aromatic N) is 3. The van der Waals surface area contributed by atoms with Gasteiger partial charge in [0.25, 0.3) is 0 Å². The van der Waals surface area contributed by atoms with Crippen molar-refractivity contribution in [3.8, 4) is 0 Å². The molecule has 2 rings (SSSR count). The first-order chi connectivity index (χ1) is 10.1. The summed E-state index contributed by atoms with van der Waals surface area (Å²) in [7, 11) is 0. The molecule has 1 atom stereocenters. The molecule has 0 aromatic carbocycles. The zero-order valence-electron chi connectivity index (χ0n) is 14.1. The number of hydrogen-bond donors (Lipinski definition) is 2. The average Bonchev–Trinajstić information content (AvgIpc) is 2.87. The van der Waals surface area contributed by atoms with E-state index in [9.17, 15) is 9.90 Å². The van der Waals surface area contributed by atoms with Crippen molar-refractivity contribution >= 4 is 11.7 Å². The van der Waals surface area contributed by atoms with E-state index in [1.165, 1.54) is 0 Å². The summed E-state index contributed by atoms with van der Waals surface area (Å²) in [6.07, 6.45) is 4.97. The van der Waals surface area contributed by atoms with Gasteiger partial charge in [-0.1, -0.05) is 20.8 Å². The second-order valence-corrected chi connectivity index (χ2v) is 7.48. The molecule has 0 aliphatic carbocycles. The van der Waals surface area contributed by atoms with E-state index in [-0.39, 0.29) is 17.5 Å². The molecule has 2 heterocycles. The summed E-state index contributed by atoms with van der Waals surface area (Å²) in [6.45, 7) is 10.3. The van der Waals surface area contributed by atoms with Crippen molar-refractivity contribution in [2.24, 2.45) is 0 Å². The quantitative estimate of drug-likeness (QED) is 0.880. The van der Waals surface area contributed by atoms with Crippen LogP contribution < -0.4 is 5.32 Å². The number of nitrogens with one attached hydrogen (secondary N) is 1. The normalized spacial score (nSPS) is 19.4. The minimum absolute atomic E-state index is 0.122. The molecule has 2 amide bonds. The van der Waals surface area contributed by atoms with E-state index >= 15 is 0 Å². The fraction of sp³-hybridized carbons (Fsp3) is 0.688. The van der Waals surface area contributed by atoms with Crippen molar-refractivity contribution in [3.05, 3.63) is 18.2 Å². The number of aliphatic hydroxyl groups is 1. The van der Waals surface area contributed by atoms with Crippen LogP contribution in [0.25, 0.3) is 0 Å². The van der Waals surface area contributed by atoms with Crippen LogP contribution in [-0.4, -0.2) is 44.2 Å². The number of aromatic nitrogens is 2. The van der Waals surface area contributed by atoms with Crippen LogP contribution in [0.2, 0.25) is 0 Å². The van der Waals surface area contributed by atoms with Crippen molar-refractivity contribution in [2.75, 3.05) is 11.9 Å². The Morgan fingerprint density at radius 3 is 2.36 bits per heavy atom. The molecule has 0 saturated carbocycles. The van der Waals surface area contributed by atoms with Gasteiger partial charge in [-0.15, -0.1) is 0 Å². The van der Waals surface area contributed by atoms with E-state index in [0.717, 1.165) is 18.7 Å². The van der Waals surface area contributed by atoms with E-state index in [0.29, 0.717) is 12.2 Å². The molecule has 1 aliphatic rings. The fourth-order valence-corrected chi connectivity index (χ4v) is 2.72. The van der Waals surface area contributed by atoms with Gasteiger partial charge in [0, 0.05) is 12.0 Å². The standard InChI is InChI=1S/C16H26N4O2/c1-15(2,3)13-17-9-11(10-18-13)19-14(21)20-8-6-7-12(20)16(4,5)22/h9-10,12,22H,6-8H2,1-5H3,(H,19,21). The maximum Gasteiger partial charge on any atom is 0.322 e. The summed E-state index contributed by atoms with van der Waals surface area (Å²) in [4.78, 5) is 22.7. The lowest BCUT2D eigenvalue weighted by molar-refractivity contribution is 0.0117. The van der Waals surface area contributed by atoms with Crippen LogP contribution >= 0.6 is 0 Å². The van der Waals surface area contributed by atoms with E-state index in [4.69, 9.17) is 0 Å². The number of hydrogen-bond acceptors (Lipinski definition) is 4. The second-order valence-electron chi connectivity index (χ2n) is 7.48. The Bertz CT molecular complexity index is 529. The molecular weight excluding hydrogens is 280 g/mol. The van der Waals surface area contributed by atoms with Crippen molar-refractivity contribution < 1.29 is 9.90 Å². The van der Waals surface area contributed by atoms with Gasteiger partial charge < -0.3 is 15.3 Å². The number of amides is 2. The predicted molar refractivity (Wildman–Crippen MR) is 85.8 cm³/mol. The number of rotatable bonds is 2. The lowest BCUT2D eigenvalue weighted by atomic mass is 9.96. The number of anilines is 1. The van der Waals surface area contributed by atoms with Crippen molar-refractivity contribution in [1.29, 1.82) is 0 Å². The molecule has 1 aliphatic heterocycles. The average molecular weight is 306 g/mol. The summed E-state index contributed by atoms with van der Waals surface area (Å²) >= 11 is 0. The molecule has 22 heavy (non-hydrogen) atoms. The van der Waals surface area contributed by atoms with Gasteiger partial charge in [-0.3, -0.25) is 0 Å². The Balaban J connectivity index is 2.06. The number of carbonyl (C=O) groups is 1. The van der Waals surface area contributed by atoms with Crippen LogP contribution in [0.5, 0.6) is 0 Å². The third-order valence-corrected chi connectivity index (χ3v) is 3.90. The van der Waals surface area contributed by atoms with Gasteiger partial charge in [-0.25, -0.2) is 14.8 Å². The summed E-state index contributed by atoms with van der Waals surface area (Å²) in [5.74, 6) is 0.737. The SMILES string of the molecule is CC(C)(C)c1ncc(NC(=O)N2CCCC2C(C)(C)O)cn1. The molecule has 6 nitrogen and oxygen atoms in total.